The number of hydrogen-bond donors (Lipinski definition) is 4. The first-order chi connectivity index (χ1) is 5.20. The lowest BCUT2D eigenvalue weighted by molar-refractivity contribution is -0.235. The zero-order chi connectivity index (χ0) is 8.43. The third-order valence-electron chi connectivity index (χ3n) is 1.57. The molecule has 6 nitrogen and oxygen atoms in total. The van der Waals surface area contributed by atoms with Gasteiger partial charge in [-0.3, -0.25) is 4.84 Å². The quantitative estimate of drug-likeness (QED) is 0.354. The predicted molar refractivity (Wildman–Crippen MR) is 32.9 cm³/mol. The van der Waals surface area contributed by atoms with Crippen LogP contribution in [0.15, 0.2) is 0 Å². The molecule has 1 heterocycles. The number of rotatable bonds is 2. The molecule has 0 amide bonds. The summed E-state index contributed by atoms with van der Waals surface area (Å²) in [5, 5.41) is 36.0. The number of aliphatic hydroxyl groups is 4. The maximum atomic E-state index is 9.07. The Kier molecular flexibility index (Phi) is 2.77. The Labute approximate surface area is 63.2 Å². The molecule has 1 rings (SSSR count). The summed E-state index contributed by atoms with van der Waals surface area (Å²) in [6, 6.07) is 0. The molecule has 11 heavy (non-hydrogen) atoms. The van der Waals surface area contributed by atoms with Crippen molar-refractivity contribution in [1.29, 1.82) is 0 Å². The van der Waals surface area contributed by atoms with Gasteiger partial charge in [0.1, 0.15) is 18.9 Å². The second-order valence-electron chi connectivity index (χ2n) is 2.29. The standard InChI is InChI=1S/C5H11NO5/c7-1-3-4(9)5(10)6(2-8)11-3/h3-5,7-10H,1-2H2/t3-,4-,5+/m1/s1. The van der Waals surface area contributed by atoms with Crippen LogP contribution in [0.5, 0.6) is 0 Å². The van der Waals surface area contributed by atoms with E-state index in [2.05, 4.69) is 0 Å². The summed E-state index contributed by atoms with van der Waals surface area (Å²) in [6.07, 6.45) is -3.29. The van der Waals surface area contributed by atoms with Crippen LogP contribution in [0, 0.1) is 0 Å². The molecule has 3 atom stereocenters. The number of nitrogens with zero attached hydrogens (tertiary/aromatic N) is 1. The molecule has 1 aliphatic heterocycles. The van der Waals surface area contributed by atoms with Gasteiger partial charge >= 0.3 is 0 Å². The highest BCUT2D eigenvalue weighted by molar-refractivity contribution is 4.78. The van der Waals surface area contributed by atoms with Gasteiger partial charge in [-0.05, 0) is 0 Å². The van der Waals surface area contributed by atoms with Crippen LogP contribution in [0.4, 0.5) is 0 Å². The molecule has 0 aromatic heterocycles. The van der Waals surface area contributed by atoms with E-state index in [0.717, 1.165) is 5.06 Å². The predicted octanol–water partition coefficient (Wildman–Crippen LogP) is -2.78. The van der Waals surface area contributed by atoms with Crippen LogP contribution < -0.4 is 0 Å². The molecule has 0 bridgehead atoms. The molecule has 0 spiro atoms. The topological polar surface area (TPSA) is 93.4 Å². The molecule has 0 radical (unpaired) electrons. The summed E-state index contributed by atoms with van der Waals surface area (Å²) >= 11 is 0. The van der Waals surface area contributed by atoms with Crippen LogP contribution in [0.25, 0.3) is 0 Å². The maximum Gasteiger partial charge on any atom is 0.160 e. The highest BCUT2D eigenvalue weighted by atomic mass is 16.7. The molecule has 6 heteroatoms. The summed E-state index contributed by atoms with van der Waals surface area (Å²) in [4.78, 5) is 4.72. The normalized spacial score (nSPS) is 39.8. The molecule has 1 saturated heterocycles. The minimum absolute atomic E-state index is 0.394. The fourth-order valence-corrected chi connectivity index (χ4v) is 0.919. The van der Waals surface area contributed by atoms with Gasteiger partial charge in [-0.25, -0.2) is 0 Å². The molecule has 0 aromatic carbocycles. The average Bonchev–Trinajstić information content (AvgIpc) is 2.30. The van der Waals surface area contributed by atoms with Crippen molar-refractivity contribution < 1.29 is 25.3 Å². The molecule has 1 fully saturated rings. The SMILES string of the molecule is OC[C@H]1ON(CO)[C@@H](O)[C@@H]1O. The van der Waals surface area contributed by atoms with Crippen molar-refractivity contribution in [2.24, 2.45) is 0 Å². The lowest BCUT2D eigenvalue weighted by Gasteiger charge is -2.14. The Morgan fingerprint density at radius 2 is 1.91 bits per heavy atom. The van der Waals surface area contributed by atoms with Crippen LogP contribution in [-0.4, -0.2) is 57.3 Å². The van der Waals surface area contributed by atoms with Crippen LogP contribution >= 0.6 is 0 Å². The summed E-state index contributed by atoms with van der Waals surface area (Å²) in [7, 11) is 0. The second kappa shape index (κ2) is 3.44. The van der Waals surface area contributed by atoms with Crippen LogP contribution in [0.1, 0.15) is 0 Å². The molecule has 0 aromatic rings. The first-order valence-corrected chi connectivity index (χ1v) is 3.22. The van der Waals surface area contributed by atoms with Gasteiger partial charge in [-0.15, -0.1) is 5.06 Å². The zero-order valence-electron chi connectivity index (χ0n) is 5.79. The highest BCUT2D eigenvalue weighted by Crippen LogP contribution is 2.18. The maximum absolute atomic E-state index is 9.07. The minimum Gasteiger partial charge on any atom is -0.393 e. The number of aliphatic hydroxyl groups excluding tert-OH is 4. The Bertz CT molecular complexity index is 114. The largest absolute Gasteiger partial charge is 0.393 e. The van der Waals surface area contributed by atoms with Gasteiger partial charge in [-0.2, -0.15) is 0 Å². The molecule has 0 saturated carbocycles. The zero-order valence-corrected chi connectivity index (χ0v) is 5.79. The molecule has 0 unspecified atom stereocenters. The molecule has 0 aliphatic carbocycles. The van der Waals surface area contributed by atoms with Gasteiger partial charge in [0.15, 0.2) is 6.23 Å². The van der Waals surface area contributed by atoms with E-state index in [0.29, 0.717) is 0 Å². The van der Waals surface area contributed by atoms with Crippen molar-refractivity contribution in [3.05, 3.63) is 0 Å². The molecular formula is C5H11NO5. The van der Waals surface area contributed by atoms with E-state index in [9.17, 15) is 0 Å². The van der Waals surface area contributed by atoms with Crippen LogP contribution in [0.2, 0.25) is 0 Å². The van der Waals surface area contributed by atoms with E-state index in [4.69, 9.17) is 25.3 Å². The summed E-state index contributed by atoms with van der Waals surface area (Å²) in [6.45, 7) is -0.913. The van der Waals surface area contributed by atoms with Crippen molar-refractivity contribution in [2.45, 2.75) is 18.4 Å². The monoisotopic (exact) mass is 165 g/mol. The number of hydrogen-bond acceptors (Lipinski definition) is 6. The summed E-state index contributed by atoms with van der Waals surface area (Å²) < 4.78 is 0. The Morgan fingerprint density at radius 1 is 1.27 bits per heavy atom. The van der Waals surface area contributed by atoms with E-state index in [1.807, 2.05) is 0 Å². The van der Waals surface area contributed by atoms with Gasteiger partial charge < -0.3 is 20.4 Å². The van der Waals surface area contributed by atoms with Crippen molar-refractivity contribution in [1.82, 2.24) is 5.06 Å². The lowest BCUT2D eigenvalue weighted by Crippen LogP contribution is -2.36. The van der Waals surface area contributed by atoms with E-state index >= 15 is 0 Å². The van der Waals surface area contributed by atoms with Gasteiger partial charge in [0.05, 0.1) is 6.61 Å². The molecular weight excluding hydrogens is 154 g/mol. The fourth-order valence-electron chi connectivity index (χ4n) is 0.919. The first-order valence-electron chi connectivity index (χ1n) is 3.22. The van der Waals surface area contributed by atoms with E-state index in [1.54, 1.807) is 0 Å². The minimum atomic E-state index is -1.27. The summed E-state index contributed by atoms with van der Waals surface area (Å²) in [5.74, 6) is 0. The van der Waals surface area contributed by atoms with Gasteiger partial charge in [-0.1, -0.05) is 0 Å². The fraction of sp³-hybridized carbons (Fsp3) is 1.00. The molecule has 66 valence electrons. The van der Waals surface area contributed by atoms with E-state index in [-0.39, 0.29) is 0 Å². The molecule has 1 aliphatic rings. The third-order valence-corrected chi connectivity index (χ3v) is 1.57. The Balaban J connectivity index is 2.53. The second-order valence-corrected chi connectivity index (χ2v) is 2.29. The first kappa shape index (κ1) is 8.85. The van der Waals surface area contributed by atoms with Crippen molar-refractivity contribution in [2.75, 3.05) is 13.3 Å². The van der Waals surface area contributed by atoms with Gasteiger partial charge in [0.2, 0.25) is 0 Å². The average molecular weight is 165 g/mol. The third kappa shape index (κ3) is 1.51. The van der Waals surface area contributed by atoms with Crippen LogP contribution in [0.3, 0.4) is 0 Å². The lowest BCUT2D eigenvalue weighted by atomic mass is 10.2. The Morgan fingerprint density at radius 3 is 2.18 bits per heavy atom. The van der Waals surface area contributed by atoms with E-state index in [1.165, 1.54) is 0 Å². The van der Waals surface area contributed by atoms with Gasteiger partial charge in [0, 0.05) is 0 Å². The van der Waals surface area contributed by atoms with Gasteiger partial charge in [0.25, 0.3) is 0 Å². The van der Waals surface area contributed by atoms with Crippen molar-refractivity contribution in [3.8, 4) is 0 Å². The highest BCUT2D eigenvalue weighted by Gasteiger charge is 2.40. The summed E-state index contributed by atoms with van der Waals surface area (Å²) in [5.41, 5.74) is 0. The Hall–Kier alpha value is -0.240. The molecule has 4 N–H and O–H groups in total. The number of hydroxylamine groups is 2. The van der Waals surface area contributed by atoms with E-state index < -0.39 is 31.8 Å². The van der Waals surface area contributed by atoms with Crippen molar-refractivity contribution >= 4 is 0 Å². The smallest absolute Gasteiger partial charge is 0.160 e. The van der Waals surface area contributed by atoms with Crippen molar-refractivity contribution in [3.63, 3.8) is 0 Å². The van der Waals surface area contributed by atoms with Crippen LogP contribution in [-0.2, 0) is 4.84 Å².